The van der Waals surface area contributed by atoms with Gasteiger partial charge in [0.1, 0.15) is 17.5 Å². The van der Waals surface area contributed by atoms with Crippen LogP contribution in [0, 0.1) is 17.5 Å². The van der Waals surface area contributed by atoms with Gasteiger partial charge < -0.3 is 9.80 Å². The number of hydrogen-bond donors (Lipinski definition) is 0. The quantitative estimate of drug-likeness (QED) is 0.849. The lowest BCUT2D eigenvalue weighted by atomic mass is 10.1. The molecule has 0 atom stereocenters. The normalized spacial score (nSPS) is 14.9. The lowest BCUT2D eigenvalue weighted by Gasteiger charge is -2.36. The predicted octanol–water partition coefficient (Wildman–Crippen LogP) is 3.07. The summed E-state index contributed by atoms with van der Waals surface area (Å²) in [6.07, 6.45) is 0. The fourth-order valence-corrected chi connectivity index (χ4v) is 2.72. The van der Waals surface area contributed by atoms with Crippen LogP contribution in [0.15, 0.2) is 42.5 Å². The van der Waals surface area contributed by atoms with Crippen LogP contribution in [0.4, 0.5) is 18.9 Å². The van der Waals surface area contributed by atoms with E-state index < -0.39 is 17.5 Å². The molecular formula is C17H15F3N2O. The molecule has 2 aromatic carbocycles. The number of anilines is 1. The number of benzene rings is 2. The third kappa shape index (κ3) is 3.31. The summed E-state index contributed by atoms with van der Waals surface area (Å²) in [6.45, 7) is 1.66. The van der Waals surface area contributed by atoms with Gasteiger partial charge in [-0.1, -0.05) is 12.1 Å². The second kappa shape index (κ2) is 6.32. The van der Waals surface area contributed by atoms with Gasteiger partial charge >= 0.3 is 0 Å². The number of carbonyl (C=O) groups is 1. The fraction of sp³-hybridized carbons (Fsp3) is 0.235. The molecule has 0 spiro atoms. The van der Waals surface area contributed by atoms with E-state index in [2.05, 4.69) is 0 Å². The summed E-state index contributed by atoms with van der Waals surface area (Å²) in [5.74, 6) is -2.28. The Balaban J connectivity index is 1.69. The lowest BCUT2D eigenvalue weighted by molar-refractivity contribution is 0.0745. The SMILES string of the molecule is O=C(c1cc(F)cc(F)c1)N1CCN(c2ccccc2F)CC1. The first kappa shape index (κ1) is 15.4. The fourth-order valence-electron chi connectivity index (χ4n) is 2.72. The van der Waals surface area contributed by atoms with E-state index in [1.807, 2.05) is 4.90 Å². The summed E-state index contributed by atoms with van der Waals surface area (Å²) in [5.41, 5.74) is 0.484. The molecule has 0 N–H and O–H groups in total. The van der Waals surface area contributed by atoms with Gasteiger partial charge in [0, 0.05) is 37.8 Å². The van der Waals surface area contributed by atoms with Crippen LogP contribution >= 0.6 is 0 Å². The van der Waals surface area contributed by atoms with Crippen LogP contribution < -0.4 is 4.90 Å². The van der Waals surface area contributed by atoms with Gasteiger partial charge in [0.25, 0.3) is 5.91 Å². The monoisotopic (exact) mass is 320 g/mol. The topological polar surface area (TPSA) is 23.6 Å². The van der Waals surface area contributed by atoms with Crippen molar-refractivity contribution in [2.24, 2.45) is 0 Å². The Kier molecular flexibility index (Phi) is 4.23. The summed E-state index contributed by atoms with van der Waals surface area (Å²) < 4.78 is 40.2. The molecule has 1 aliphatic heterocycles. The average Bonchev–Trinajstić information content (AvgIpc) is 2.54. The molecule has 1 heterocycles. The molecule has 0 saturated carbocycles. The zero-order valence-electron chi connectivity index (χ0n) is 12.3. The summed E-state index contributed by atoms with van der Waals surface area (Å²) in [5, 5.41) is 0. The van der Waals surface area contributed by atoms with Gasteiger partial charge in [-0.2, -0.15) is 0 Å². The van der Waals surface area contributed by atoms with Crippen molar-refractivity contribution < 1.29 is 18.0 Å². The molecule has 1 amide bonds. The molecule has 1 fully saturated rings. The van der Waals surface area contributed by atoms with E-state index in [-0.39, 0.29) is 11.4 Å². The minimum Gasteiger partial charge on any atom is -0.366 e. The first-order chi connectivity index (χ1) is 11.0. The van der Waals surface area contributed by atoms with Crippen LogP contribution in [-0.2, 0) is 0 Å². The van der Waals surface area contributed by atoms with Gasteiger partial charge in [0.2, 0.25) is 0 Å². The Labute approximate surface area is 131 Å². The van der Waals surface area contributed by atoms with Gasteiger partial charge in [-0.05, 0) is 24.3 Å². The molecule has 0 radical (unpaired) electrons. The van der Waals surface area contributed by atoms with Crippen molar-refractivity contribution >= 4 is 11.6 Å². The molecule has 120 valence electrons. The number of para-hydroxylation sites is 1. The zero-order valence-corrected chi connectivity index (χ0v) is 12.3. The van der Waals surface area contributed by atoms with Gasteiger partial charge in [0.15, 0.2) is 0 Å². The number of halogens is 3. The van der Waals surface area contributed by atoms with E-state index in [1.165, 1.54) is 11.0 Å². The van der Waals surface area contributed by atoms with Gasteiger partial charge in [-0.25, -0.2) is 13.2 Å². The Hall–Kier alpha value is -2.50. The Morgan fingerprint density at radius 2 is 1.48 bits per heavy atom. The van der Waals surface area contributed by atoms with E-state index in [4.69, 9.17) is 0 Å². The van der Waals surface area contributed by atoms with Crippen LogP contribution in [0.2, 0.25) is 0 Å². The molecule has 0 aliphatic carbocycles. The van der Waals surface area contributed by atoms with Gasteiger partial charge in [-0.15, -0.1) is 0 Å². The summed E-state index contributed by atoms with van der Waals surface area (Å²) >= 11 is 0. The van der Waals surface area contributed by atoms with Crippen molar-refractivity contribution in [1.29, 1.82) is 0 Å². The zero-order chi connectivity index (χ0) is 16.4. The van der Waals surface area contributed by atoms with E-state index in [0.29, 0.717) is 31.9 Å². The minimum atomic E-state index is -0.779. The number of hydrogen-bond acceptors (Lipinski definition) is 2. The minimum absolute atomic E-state index is 0.0122. The van der Waals surface area contributed by atoms with Crippen LogP contribution in [0.5, 0.6) is 0 Å². The van der Waals surface area contributed by atoms with Crippen LogP contribution in [-0.4, -0.2) is 37.0 Å². The molecule has 1 saturated heterocycles. The molecular weight excluding hydrogens is 305 g/mol. The van der Waals surface area contributed by atoms with Crippen molar-refractivity contribution in [2.75, 3.05) is 31.1 Å². The third-order valence-corrected chi connectivity index (χ3v) is 3.87. The number of nitrogens with zero attached hydrogens (tertiary/aromatic N) is 2. The Morgan fingerprint density at radius 1 is 0.870 bits per heavy atom. The first-order valence-electron chi connectivity index (χ1n) is 7.29. The van der Waals surface area contributed by atoms with Crippen molar-refractivity contribution in [3.8, 4) is 0 Å². The maximum absolute atomic E-state index is 13.8. The standard InChI is InChI=1S/C17H15F3N2O/c18-13-9-12(10-14(19)11-13)17(23)22-7-5-21(6-8-22)16-4-2-1-3-15(16)20/h1-4,9-11H,5-8H2. The Bertz CT molecular complexity index is 707. The Morgan fingerprint density at radius 3 is 2.09 bits per heavy atom. The highest BCUT2D eigenvalue weighted by Gasteiger charge is 2.24. The number of piperazine rings is 1. The van der Waals surface area contributed by atoms with Crippen LogP contribution in [0.1, 0.15) is 10.4 Å². The van der Waals surface area contributed by atoms with E-state index >= 15 is 0 Å². The first-order valence-corrected chi connectivity index (χ1v) is 7.29. The molecule has 3 nitrogen and oxygen atoms in total. The summed E-state index contributed by atoms with van der Waals surface area (Å²) in [4.78, 5) is 15.7. The summed E-state index contributed by atoms with van der Waals surface area (Å²) in [6, 6.07) is 9.23. The number of carbonyl (C=O) groups excluding carboxylic acids is 1. The van der Waals surface area contributed by atoms with E-state index in [0.717, 1.165) is 18.2 Å². The van der Waals surface area contributed by atoms with Crippen molar-refractivity contribution in [1.82, 2.24) is 4.90 Å². The van der Waals surface area contributed by atoms with Crippen LogP contribution in [0.25, 0.3) is 0 Å². The number of rotatable bonds is 2. The molecule has 6 heteroatoms. The highest BCUT2D eigenvalue weighted by Crippen LogP contribution is 2.21. The average molecular weight is 320 g/mol. The molecule has 2 aromatic rings. The van der Waals surface area contributed by atoms with Crippen molar-refractivity contribution in [3.63, 3.8) is 0 Å². The molecule has 23 heavy (non-hydrogen) atoms. The highest BCUT2D eigenvalue weighted by molar-refractivity contribution is 5.94. The second-order valence-electron chi connectivity index (χ2n) is 5.39. The van der Waals surface area contributed by atoms with Gasteiger partial charge in [-0.3, -0.25) is 4.79 Å². The van der Waals surface area contributed by atoms with Crippen molar-refractivity contribution in [2.45, 2.75) is 0 Å². The molecule has 1 aliphatic rings. The molecule has 0 bridgehead atoms. The van der Waals surface area contributed by atoms with Crippen molar-refractivity contribution in [3.05, 3.63) is 65.5 Å². The summed E-state index contributed by atoms with van der Waals surface area (Å²) in [7, 11) is 0. The highest BCUT2D eigenvalue weighted by atomic mass is 19.1. The number of amides is 1. The van der Waals surface area contributed by atoms with E-state index in [9.17, 15) is 18.0 Å². The maximum atomic E-state index is 13.8. The maximum Gasteiger partial charge on any atom is 0.254 e. The van der Waals surface area contributed by atoms with E-state index in [1.54, 1.807) is 18.2 Å². The van der Waals surface area contributed by atoms with Gasteiger partial charge in [0.05, 0.1) is 5.69 Å². The molecule has 0 unspecified atom stereocenters. The largest absolute Gasteiger partial charge is 0.366 e. The smallest absolute Gasteiger partial charge is 0.254 e. The molecule has 0 aromatic heterocycles. The molecule has 3 rings (SSSR count). The van der Waals surface area contributed by atoms with Crippen LogP contribution in [0.3, 0.4) is 0 Å². The third-order valence-electron chi connectivity index (χ3n) is 3.87. The second-order valence-corrected chi connectivity index (χ2v) is 5.39. The predicted molar refractivity (Wildman–Crippen MR) is 80.9 cm³/mol. The lowest BCUT2D eigenvalue weighted by Crippen LogP contribution is -2.49.